The number of nitriles is 2. The second kappa shape index (κ2) is 13.9. The van der Waals surface area contributed by atoms with Gasteiger partial charge in [0.2, 0.25) is 11.9 Å². The summed E-state index contributed by atoms with van der Waals surface area (Å²) in [4.78, 5) is 31.2. The molecule has 3 aromatic rings. The minimum absolute atomic E-state index is 0.159. The lowest BCUT2D eigenvalue weighted by Crippen LogP contribution is -2.56. The van der Waals surface area contributed by atoms with Gasteiger partial charge in [-0.15, -0.1) is 0 Å². The lowest BCUT2D eigenvalue weighted by molar-refractivity contribution is -0.134. The lowest BCUT2D eigenvalue weighted by atomic mass is 10.0. The maximum absolute atomic E-state index is 14.9. The molecule has 46 heavy (non-hydrogen) atoms. The van der Waals surface area contributed by atoms with E-state index in [1.54, 1.807) is 31.4 Å². The standard InChI is InChI=1S/C32H34FN9O4/c1-44-29-15-23(3-4-26(29)41-12-10-40(11-13-41)24-18-45-19-24)38-32-37-20-36-31(39-32)21-2-5-27(22(14-21)16-35)46-28-7-9-42(17-25(28)33)30(43)6-8-34/h2-5,14-15,20,24-25,28H,6-7,9-13,17-19H2,1H3,(H,36,37,38,39)/t25-,28?/m1/s1. The molecule has 1 aromatic heterocycles. The highest BCUT2D eigenvalue weighted by Gasteiger charge is 2.33. The zero-order chi connectivity index (χ0) is 32.0. The first-order valence-corrected chi connectivity index (χ1v) is 15.2. The van der Waals surface area contributed by atoms with Crippen molar-refractivity contribution < 1.29 is 23.4 Å². The maximum atomic E-state index is 14.9. The Morgan fingerprint density at radius 3 is 2.61 bits per heavy atom. The van der Waals surface area contributed by atoms with Crippen LogP contribution < -0.4 is 19.7 Å². The van der Waals surface area contributed by atoms with Crippen molar-refractivity contribution in [3.8, 4) is 35.0 Å². The highest BCUT2D eigenvalue weighted by Crippen LogP contribution is 2.34. The third kappa shape index (κ3) is 6.78. The molecule has 1 unspecified atom stereocenters. The highest BCUT2D eigenvalue weighted by atomic mass is 19.1. The molecule has 3 saturated heterocycles. The molecule has 238 valence electrons. The highest BCUT2D eigenvalue weighted by molar-refractivity contribution is 5.78. The molecule has 14 heteroatoms. The van der Waals surface area contributed by atoms with E-state index in [2.05, 4.69) is 36.1 Å². The number of methoxy groups -OCH3 is 1. The largest absolute Gasteiger partial charge is 0.495 e. The van der Waals surface area contributed by atoms with Gasteiger partial charge in [0.1, 0.15) is 36.4 Å². The monoisotopic (exact) mass is 627 g/mol. The Balaban J connectivity index is 1.11. The summed E-state index contributed by atoms with van der Waals surface area (Å²) < 4.78 is 31.8. The van der Waals surface area contributed by atoms with Gasteiger partial charge in [0, 0.05) is 56.5 Å². The third-order valence-electron chi connectivity index (χ3n) is 8.50. The van der Waals surface area contributed by atoms with Crippen LogP contribution in [0, 0.1) is 22.7 Å². The van der Waals surface area contributed by atoms with Crippen molar-refractivity contribution in [3.63, 3.8) is 0 Å². The van der Waals surface area contributed by atoms with Gasteiger partial charge in [-0.3, -0.25) is 9.69 Å². The van der Waals surface area contributed by atoms with Crippen LogP contribution in [-0.2, 0) is 9.53 Å². The number of amides is 1. The van der Waals surface area contributed by atoms with Crippen LogP contribution >= 0.6 is 0 Å². The Bertz CT molecular complexity index is 1650. The topological polar surface area (TPSA) is 153 Å². The first-order valence-electron chi connectivity index (χ1n) is 15.2. The maximum Gasteiger partial charge on any atom is 0.236 e. The Morgan fingerprint density at radius 1 is 1.09 bits per heavy atom. The van der Waals surface area contributed by atoms with E-state index in [-0.39, 0.29) is 37.2 Å². The average molecular weight is 628 g/mol. The normalized spacial score (nSPS) is 20.3. The molecule has 3 aliphatic rings. The van der Waals surface area contributed by atoms with Gasteiger partial charge in [-0.25, -0.2) is 14.4 Å². The predicted octanol–water partition coefficient (Wildman–Crippen LogP) is 2.91. The smallest absolute Gasteiger partial charge is 0.236 e. The third-order valence-corrected chi connectivity index (χ3v) is 8.50. The fourth-order valence-corrected chi connectivity index (χ4v) is 5.85. The van der Waals surface area contributed by atoms with Crippen molar-refractivity contribution in [3.05, 3.63) is 48.3 Å². The number of carbonyl (C=O) groups excluding carboxylic acids is 1. The van der Waals surface area contributed by atoms with E-state index in [1.165, 1.54) is 11.2 Å². The zero-order valence-electron chi connectivity index (χ0n) is 25.4. The summed E-state index contributed by atoms with van der Waals surface area (Å²) in [5.74, 6) is 1.22. The first-order chi connectivity index (χ1) is 22.4. The molecule has 0 radical (unpaired) electrons. The average Bonchev–Trinajstić information content (AvgIpc) is 3.05. The van der Waals surface area contributed by atoms with Crippen molar-refractivity contribution in [2.45, 2.75) is 31.2 Å². The molecule has 4 heterocycles. The van der Waals surface area contributed by atoms with Crippen molar-refractivity contribution >= 4 is 23.2 Å². The van der Waals surface area contributed by atoms with Gasteiger partial charge >= 0.3 is 0 Å². The van der Waals surface area contributed by atoms with Crippen molar-refractivity contribution in [1.82, 2.24) is 24.8 Å². The Hall–Kier alpha value is -5.05. The Kier molecular flexibility index (Phi) is 9.38. The lowest BCUT2D eigenvalue weighted by Gasteiger charge is -2.43. The van der Waals surface area contributed by atoms with E-state index in [4.69, 9.17) is 19.5 Å². The quantitative estimate of drug-likeness (QED) is 0.371. The molecule has 0 saturated carbocycles. The van der Waals surface area contributed by atoms with Gasteiger partial charge in [-0.05, 0) is 30.3 Å². The van der Waals surface area contributed by atoms with Crippen LogP contribution in [0.15, 0.2) is 42.7 Å². The fourth-order valence-electron chi connectivity index (χ4n) is 5.85. The number of anilines is 3. The van der Waals surface area contributed by atoms with Gasteiger partial charge in [0.05, 0.1) is 50.2 Å². The number of nitrogens with zero attached hydrogens (tertiary/aromatic N) is 8. The van der Waals surface area contributed by atoms with Crippen LogP contribution in [0.1, 0.15) is 18.4 Å². The summed E-state index contributed by atoms with van der Waals surface area (Å²) >= 11 is 0. The summed E-state index contributed by atoms with van der Waals surface area (Å²) in [5, 5.41) is 21.8. The van der Waals surface area contributed by atoms with E-state index in [1.807, 2.05) is 18.2 Å². The second-order valence-corrected chi connectivity index (χ2v) is 11.3. The molecule has 2 atom stereocenters. The summed E-state index contributed by atoms with van der Waals surface area (Å²) in [7, 11) is 1.65. The number of hydrogen-bond donors (Lipinski definition) is 1. The number of piperazine rings is 1. The van der Waals surface area contributed by atoms with Crippen molar-refractivity contribution in [2.24, 2.45) is 0 Å². The number of nitrogens with one attached hydrogen (secondary N) is 1. The second-order valence-electron chi connectivity index (χ2n) is 11.3. The predicted molar refractivity (Wildman–Crippen MR) is 165 cm³/mol. The molecule has 1 N–H and O–H groups in total. The van der Waals surface area contributed by atoms with Crippen molar-refractivity contribution in [1.29, 1.82) is 10.5 Å². The SMILES string of the molecule is COc1cc(Nc2ncnc(-c3ccc(OC4CCN(C(=O)CC#N)C[C@H]4F)c(C#N)c3)n2)ccc1N1CCN(C2COC2)CC1. The van der Waals surface area contributed by atoms with Crippen LogP contribution in [0.2, 0.25) is 0 Å². The Morgan fingerprint density at radius 2 is 1.91 bits per heavy atom. The molecule has 0 aliphatic carbocycles. The van der Waals surface area contributed by atoms with E-state index >= 15 is 0 Å². The first kappa shape index (κ1) is 31.0. The number of ether oxygens (including phenoxy) is 3. The number of piperidine rings is 1. The molecule has 0 spiro atoms. The molecule has 2 aromatic carbocycles. The van der Waals surface area contributed by atoms with E-state index in [0.29, 0.717) is 23.4 Å². The minimum atomic E-state index is -1.45. The van der Waals surface area contributed by atoms with Crippen LogP contribution in [0.4, 0.5) is 21.7 Å². The van der Waals surface area contributed by atoms with Crippen LogP contribution in [0.5, 0.6) is 11.5 Å². The van der Waals surface area contributed by atoms with Crippen LogP contribution in [-0.4, -0.2) is 109 Å². The molecule has 3 aliphatic heterocycles. The molecule has 6 rings (SSSR count). The van der Waals surface area contributed by atoms with E-state index < -0.39 is 18.2 Å². The van der Waals surface area contributed by atoms with Crippen LogP contribution in [0.3, 0.4) is 0 Å². The van der Waals surface area contributed by atoms with Crippen LogP contribution in [0.25, 0.3) is 11.4 Å². The number of halogens is 1. The molecule has 13 nitrogen and oxygen atoms in total. The van der Waals surface area contributed by atoms with Gasteiger partial charge < -0.3 is 29.3 Å². The molecule has 0 bridgehead atoms. The van der Waals surface area contributed by atoms with Gasteiger partial charge in [0.25, 0.3) is 0 Å². The number of hydrogen-bond acceptors (Lipinski definition) is 12. The van der Waals surface area contributed by atoms with Gasteiger partial charge in [-0.1, -0.05) is 0 Å². The summed E-state index contributed by atoms with van der Waals surface area (Å²) in [6, 6.07) is 15.2. The number of carbonyl (C=O) groups is 1. The van der Waals surface area contributed by atoms with Gasteiger partial charge in [0.15, 0.2) is 12.0 Å². The van der Waals surface area contributed by atoms with E-state index in [9.17, 15) is 14.4 Å². The number of likely N-dealkylation sites (tertiary alicyclic amines) is 1. The molecule has 3 fully saturated rings. The summed E-state index contributed by atoms with van der Waals surface area (Å²) in [6.45, 7) is 5.52. The number of benzene rings is 2. The zero-order valence-corrected chi connectivity index (χ0v) is 25.4. The molecular weight excluding hydrogens is 593 g/mol. The minimum Gasteiger partial charge on any atom is -0.495 e. The number of rotatable bonds is 9. The fraction of sp³-hybridized carbons (Fsp3) is 0.438. The number of alkyl halides is 1. The van der Waals surface area contributed by atoms with Crippen molar-refractivity contribution in [2.75, 3.05) is 69.8 Å². The van der Waals surface area contributed by atoms with Gasteiger partial charge in [-0.2, -0.15) is 15.5 Å². The number of aromatic nitrogens is 3. The summed E-state index contributed by atoms with van der Waals surface area (Å²) in [5.41, 5.74) is 2.52. The van der Waals surface area contributed by atoms with E-state index in [0.717, 1.165) is 56.5 Å². The summed E-state index contributed by atoms with van der Waals surface area (Å²) in [6.07, 6.45) is -0.944. The Labute approximate surface area is 266 Å². The molecule has 1 amide bonds. The molecular formula is C32H34FN9O4.